The number of hydrogen-bond acceptors (Lipinski definition) is 3. The molecule has 2 aromatic rings. The van der Waals surface area contributed by atoms with Crippen molar-refractivity contribution in [1.82, 2.24) is 4.72 Å². The van der Waals surface area contributed by atoms with Gasteiger partial charge in [-0.3, -0.25) is 4.72 Å². The minimum atomic E-state index is -3.94. The molecule has 0 aliphatic carbocycles. The molecule has 2 aromatic carbocycles. The second-order valence-electron chi connectivity index (χ2n) is 4.67. The first-order valence-corrected chi connectivity index (χ1v) is 8.12. The number of carbonyl (C=O) groups is 1. The molecule has 1 heterocycles. The highest BCUT2D eigenvalue weighted by Crippen LogP contribution is 2.36. The molecule has 0 fully saturated rings. The van der Waals surface area contributed by atoms with Crippen LogP contribution in [0.5, 0.6) is 0 Å². The number of nitrogens with one attached hydrogen (secondary N) is 1. The number of benzene rings is 2. The van der Waals surface area contributed by atoms with Crippen molar-refractivity contribution in [3.8, 4) is 0 Å². The molecule has 0 aromatic heterocycles. The molecule has 0 saturated heterocycles. The van der Waals surface area contributed by atoms with Crippen LogP contribution in [0.4, 0.5) is 0 Å². The van der Waals surface area contributed by atoms with Crippen LogP contribution >= 0.6 is 11.6 Å². The number of carboxylic acids is 1. The van der Waals surface area contributed by atoms with Crippen molar-refractivity contribution in [1.29, 1.82) is 0 Å². The van der Waals surface area contributed by atoms with Gasteiger partial charge in [0.25, 0.3) is 10.0 Å². The van der Waals surface area contributed by atoms with Gasteiger partial charge in [0.05, 0.1) is 4.90 Å². The van der Waals surface area contributed by atoms with Crippen LogP contribution in [0.1, 0.15) is 11.1 Å². The molecule has 0 spiro atoms. The molecule has 22 heavy (non-hydrogen) atoms. The molecule has 0 bridgehead atoms. The van der Waals surface area contributed by atoms with Gasteiger partial charge in [0.15, 0.2) is 0 Å². The summed E-state index contributed by atoms with van der Waals surface area (Å²) in [5.74, 6) is -1.35. The van der Waals surface area contributed by atoms with Crippen LogP contribution in [0.3, 0.4) is 0 Å². The van der Waals surface area contributed by atoms with Crippen LogP contribution in [0.15, 0.2) is 59.1 Å². The summed E-state index contributed by atoms with van der Waals surface area (Å²) < 4.78 is 26.6. The van der Waals surface area contributed by atoms with E-state index in [-0.39, 0.29) is 16.2 Å². The third-order valence-electron chi connectivity index (χ3n) is 3.26. The van der Waals surface area contributed by atoms with Crippen molar-refractivity contribution in [2.75, 3.05) is 0 Å². The van der Waals surface area contributed by atoms with E-state index in [2.05, 4.69) is 4.72 Å². The van der Waals surface area contributed by atoms with E-state index in [1.165, 1.54) is 18.2 Å². The first kappa shape index (κ1) is 14.6. The highest BCUT2D eigenvalue weighted by molar-refractivity contribution is 7.89. The highest BCUT2D eigenvalue weighted by atomic mass is 35.5. The van der Waals surface area contributed by atoms with E-state index >= 15 is 0 Å². The quantitative estimate of drug-likeness (QED) is 0.883. The summed E-state index contributed by atoms with van der Waals surface area (Å²) in [6.45, 7) is 0. The lowest BCUT2D eigenvalue weighted by atomic mass is 9.95. The van der Waals surface area contributed by atoms with Gasteiger partial charge in [0, 0.05) is 16.2 Å². The SMILES string of the molecule is O=C(O)C1=C(c2ccccc2)c2cc(Cl)ccc2S(=O)(=O)N1. The predicted octanol–water partition coefficient (Wildman–Crippen LogP) is 2.48. The lowest BCUT2D eigenvalue weighted by Crippen LogP contribution is -2.33. The van der Waals surface area contributed by atoms with E-state index in [4.69, 9.17) is 11.6 Å². The highest BCUT2D eigenvalue weighted by Gasteiger charge is 2.33. The second kappa shape index (κ2) is 5.15. The smallest absolute Gasteiger partial charge is 0.353 e. The molecule has 112 valence electrons. The van der Waals surface area contributed by atoms with E-state index in [0.29, 0.717) is 16.2 Å². The van der Waals surface area contributed by atoms with E-state index < -0.39 is 16.0 Å². The zero-order chi connectivity index (χ0) is 15.9. The van der Waals surface area contributed by atoms with Gasteiger partial charge in [0.2, 0.25) is 0 Å². The maximum absolute atomic E-state index is 12.2. The molecule has 0 amide bonds. The van der Waals surface area contributed by atoms with Crippen molar-refractivity contribution < 1.29 is 18.3 Å². The molecule has 3 rings (SSSR count). The van der Waals surface area contributed by atoms with Crippen molar-refractivity contribution in [3.05, 3.63) is 70.4 Å². The number of halogens is 1. The van der Waals surface area contributed by atoms with Crippen LogP contribution in [0.2, 0.25) is 5.02 Å². The van der Waals surface area contributed by atoms with E-state index in [9.17, 15) is 18.3 Å². The lowest BCUT2D eigenvalue weighted by molar-refractivity contribution is -0.132. The second-order valence-corrected chi connectivity index (χ2v) is 6.75. The average Bonchev–Trinajstić information content (AvgIpc) is 2.47. The Bertz CT molecular complexity index is 904. The number of carboxylic acid groups (broad SMARTS) is 1. The average molecular weight is 336 g/mol. The molecule has 5 nitrogen and oxygen atoms in total. The van der Waals surface area contributed by atoms with Gasteiger partial charge in [-0.25, -0.2) is 13.2 Å². The van der Waals surface area contributed by atoms with Gasteiger partial charge in [-0.2, -0.15) is 0 Å². The summed E-state index contributed by atoms with van der Waals surface area (Å²) >= 11 is 5.96. The molecule has 0 radical (unpaired) electrons. The minimum absolute atomic E-state index is 0.000697. The van der Waals surface area contributed by atoms with Gasteiger partial charge < -0.3 is 5.11 Å². The fourth-order valence-electron chi connectivity index (χ4n) is 2.36. The Kier molecular flexibility index (Phi) is 3.42. The standard InChI is InChI=1S/C15H10ClNO4S/c16-10-6-7-12-11(8-10)13(9-4-2-1-3-5-9)14(15(18)19)17-22(12,20)21/h1-8,17H,(H,18,19). The Balaban J connectivity index is 2.42. The van der Waals surface area contributed by atoms with E-state index in [1.54, 1.807) is 30.3 Å². The monoisotopic (exact) mass is 335 g/mol. The molecular formula is C15H10ClNO4S. The normalized spacial score (nSPS) is 15.9. The van der Waals surface area contributed by atoms with Gasteiger partial charge >= 0.3 is 5.97 Å². The summed E-state index contributed by atoms with van der Waals surface area (Å²) in [6, 6.07) is 13.0. The topological polar surface area (TPSA) is 83.5 Å². The van der Waals surface area contributed by atoms with E-state index in [1.807, 2.05) is 0 Å². The Morgan fingerprint density at radius 2 is 1.77 bits per heavy atom. The molecular weight excluding hydrogens is 326 g/mol. The summed E-state index contributed by atoms with van der Waals surface area (Å²) in [5.41, 5.74) is 0.766. The van der Waals surface area contributed by atoms with Crippen LogP contribution < -0.4 is 4.72 Å². The number of sulfonamides is 1. The maximum Gasteiger partial charge on any atom is 0.353 e. The van der Waals surface area contributed by atoms with Crippen LogP contribution in [0.25, 0.3) is 5.57 Å². The summed E-state index contributed by atoms with van der Waals surface area (Å²) in [4.78, 5) is 11.5. The molecule has 1 aliphatic heterocycles. The maximum atomic E-state index is 12.2. The van der Waals surface area contributed by atoms with Crippen LogP contribution in [-0.4, -0.2) is 19.5 Å². The summed E-state index contributed by atoms with van der Waals surface area (Å²) in [7, 11) is -3.94. The first-order valence-electron chi connectivity index (χ1n) is 6.26. The Morgan fingerprint density at radius 3 is 2.41 bits per heavy atom. The van der Waals surface area contributed by atoms with Crippen molar-refractivity contribution in [3.63, 3.8) is 0 Å². The number of hydrogen-bond donors (Lipinski definition) is 2. The minimum Gasteiger partial charge on any atom is -0.477 e. The number of fused-ring (bicyclic) bond motifs is 1. The Labute approximate surface area is 131 Å². The zero-order valence-electron chi connectivity index (χ0n) is 11.1. The molecule has 0 unspecified atom stereocenters. The summed E-state index contributed by atoms with van der Waals surface area (Å²) in [6.07, 6.45) is 0. The molecule has 0 saturated carbocycles. The van der Waals surface area contributed by atoms with Gasteiger partial charge in [-0.1, -0.05) is 41.9 Å². The third-order valence-corrected chi connectivity index (χ3v) is 4.91. The number of aliphatic carboxylic acids is 1. The van der Waals surface area contributed by atoms with E-state index in [0.717, 1.165) is 0 Å². The van der Waals surface area contributed by atoms with Gasteiger partial charge in [0.1, 0.15) is 5.70 Å². The fourth-order valence-corrected chi connectivity index (χ4v) is 3.80. The molecule has 2 N–H and O–H groups in total. The van der Waals surface area contributed by atoms with Gasteiger partial charge in [-0.05, 0) is 23.8 Å². The van der Waals surface area contributed by atoms with Crippen molar-refractivity contribution in [2.24, 2.45) is 0 Å². The van der Waals surface area contributed by atoms with Crippen molar-refractivity contribution >= 4 is 33.2 Å². The predicted molar refractivity (Wildman–Crippen MR) is 81.9 cm³/mol. The van der Waals surface area contributed by atoms with Gasteiger partial charge in [-0.15, -0.1) is 0 Å². The number of rotatable bonds is 2. The van der Waals surface area contributed by atoms with Crippen molar-refractivity contribution in [2.45, 2.75) is 4.90 Å². The van der Waals surface area contributed by atoms with Crippen LogP contribution in [-0.2, 0) is 14.8 Å². The largest absolute Gasteiger partial charge is 0.477 e. The molecule has 0 atom stereocenters. The Hall–Kier alpha value is -2.31. The zero-order valence-corrected chi connectivity index (χ0v) is 12.6. The Morgan fingerprint density at radius 1 is 1.09 bits per heavy atom. The fraction of sp³-hybridized carbons (Fsp3) is 0. The third kappa shape index (κ3) is 2.36. The molecule has 1 aliphatic rings. The summed E-state index contributed by atoms with van der Waals surface area (Å²) in [5, 5.41) is 9.71. The first-order chi connectivity index (χ1) is 10.4. The van der Waals surface area contributed by atoms with Crippen LogP contribution in [0, 0.1) is 0 Å². The lowest BCUT2D eigenvalue weighted by Gasteiger charge is -2.23. The molecule has 7 heteroatoms.